The molecular formula is C11H20N4S. The molecule has 90 valence electrons. The third kappa shape index (κ3) is 2.53. The molecule has 1 N–H and O–H groups in total. The molecule has 0 aromatic carbocycles. The fraction of sp³-hybridized carbons (Fsp3) is 0.727. The Bertz CT molecular complexity index is 330. The average Bonchev–Trinajstić information content (AvgIpc) is 2.78. The summed E-state index contributed by atoms with van der Waals surface area (Å²) in [5, 5.41) is 6.55. The van der Waals surface area contributed by atoms with Crippen molar-refractivity contribution in [1.29, 1.82) is 0 Å². The highest BCUT2D eigenvalue weighted by Gasteiger charge is 2.17. The first-order chi connectivity index (χ1) is 7.70. The Morgan fingerprint density at radius 3 is 2.69 bits per heavy atom. The van der Waals surface area contributed by atoms with Gasteiger partial charge >= 0.3 is 0 Å². The van der Waals surface area contributed by atoms with Gasteiger partial charge in [-0.1, -0.05) is 0 Å². The molecule has 1 unspecified atom stereocenters. The number of nitrogens with zero attached hydrogens (tertiary/aromatic N) is 3. The van der Waals surface area contributed by atoms with Crippen LogP contribution in [-0.2, 0) is 0 Å². The second kappa shape index (κ2) is 5.12. The Balaban J connectivity index is 2.01. The molecule has 16 heavy (non-hydrogen) atoms. The molecule has 2 heterocycles. The second-order valence-electron chi connectivity index (χ2n) is 4.36. The number of anilines is 1. The SMILES string of the molecule is CNC(C)c1csc(N2CCN(C)CC2)n1. The van der Waals surface area contributed by atoms with Crippen molar-refractivity contribution in [2.45, 2.75) is 13.0 Å². The van der Waals surface area contributed by atoms with Crippen LogP contribution in [0.5, 0.6) is 0 Å². The van der Waals surface area contributed by atoms with E-state index in [1.165, 1.54) is 5.13 Å². The van der Waals surface area contributed by atoms with Crippen molar-refractivity contribution in [3.63, 3.8) is 0 Å². The van der Waals surface area contributed by atoms with Crippen LogP contribution in [0.4, 0.5) is 5.13 Å². The lowest BCUT2D eigenvalue weighted by atomic mass is 10.3. The van der Waals surface area contributed by atoms with E-state index in [0.29, 0.717) is 6.04 Å². The van der Waals surface area contributed by atoms with E-state index < -0.39 is 0 Å². The highest BCUT2D eigenvalue weighted by atomic mass is 32.1. The molecule has 0 amide bonds. The molecular weight excluding hydrogens is 220 g/mol. The average molecular weight is 240 g/mol. The van der Waals surface area contributed by atoms with E-state index in [2.05, 4.69) is 34.5 Å². The summed E-state index contributed by atoms with van der Waals surface area (Å²) in [6.45, 7) is 6.60. The minimum absolute atomic E-state index is 0.345. The van der Waals surface area contributed by atoms with E-state index in [-0.39, 0.29) is 0 Å². The molecule has 0 aliphatic carbocycles. The fourth-order valence-electron chi connectivity index (χ4n) is 1.77. The summed E-state index contributed by atoms with van der Waals surface area (Å²) in [6, 6.07) is 0.345. The molecule has 2 rings (SSSR count). The summed E-state index contributed by atoms with van der Waals surface area (Å²) < 4.78 is 0. The van der Waals surface area contributed by atoms with Gasteiger partial charge in [-0.05, 0) is 21.0 Å². The van der Waals surface area contributed by atoms with E-state index in [4.69, 9.17) is 4.98 Å². The zero-order chi connectivity index (χ0) is 11.5. The Hall–Kier alpha value is -0.650. The van der Waals surface area contributed by atoms with Gasteiger partial charge in [0.15, 0.2) is 5.13 Å². The molecule has 1 saturated heterocycles. The van der Waals surface area contributed by atoms with Gasteiger partial charge in [0.1, 0.15) is 0 Å². The Morgan fingerprint density at radius 2 is 2.06 bits per heavy atom. The van der Waals surface area contributed by atoms with Crippen molar-refractivity contribution >= 4 is 16.5 Å². The quantitative estimate of drug-likeness (QED) is 0.859. The maximum atomic E-state index is 4.69. The number of likely N-dealkylation sites (N-methyl/N-ethyl adjacent to an activating group) is 1. The molecule has 0 radical (unpaired) electrons. The maximum absolute atomic E-state index is 4.69. The number of nitrogens with one attached hydrogen (secondary N) is 1. The van der Waals surface area contributed by atoms with Crippen molar-refractivity contribution < 1.29 is 0 Å². The van der Waals surface area contributed by atoms with Crippen LogP contribution in [0, 0.1) is 0 Å². The first-order valence-corrected chi connectivity index (χ1v) is 6.65. The van der Waals surface area contributed by atoms with Crippen molar-refractivity contribution in [2.75, 3.05) is 45.2 Å². The third-order valence-corrected chi connectivity index (χ3v) is 4.08. The standard InChI is InChI=1S/C11H20N4S/c1-9(12-2)10-8-16-11(13-10)15-6-4-14(3)5-7-15/h8-9,12H,4-7H2,1-3H3. The van der Waals surface area contributed by atoms with Gasteiger partial charge in [-0.3, -0.25) is 0 Å². The molecule has 0 spiro atoms. The van der Waals surface area contributed by atoms with E-state index in [0.717, 1.165) is 31.9 Å². The lowest BCUT2D eigenvalue weighted by Gasteiger charge is -2.32. The fourth-order valence-corrected chi connectivity index (χ4v) is 2.74. The molecule has 1 aliphatic rings. The van der Waals surface area contributed by atoms with Crippen LogP contribution >= 0.6 is 11.3 Å². The van der Waals surface area contributed by atoms with E-state index in [1.54, 1.807) is 11.3 Å². The number of aromatic nitrogens is 1. The van der Waals surface area contributed by atoms with Gasteiger partial charge in [0, 0.05) is 37.6 Å². The number of rotatable bonds is 3. The van der Waals surface area contributed by atoms with Gasteiger partial charge in [0.05, 0.1) is 5.69 Å². The lowest BCUT2D eigenvalue weighted by molar-refractivity contribution is 0.312. The number of hydrogen-bond acceptors (Lipinski definition) is 5. The number of thiazole rings is 1. The number of hydrogen-bond donors (Lipinski definition) is 1. The largest absolute Gasteiger partial charge is 0.346 e. The van der Waals surface area contributed by atoms with Gasteiger partial charge in [-0.15, -0.1) is 11.3 Å². The summed E-state index contributed by atoms with van der Waals surface area (Å²) in [7, 11) is 4.15. The van der Waals surface area contributed by atoms with Crippen molar-refractivity contribution in [2.24, 2.45) is 0 Å². The molecule has 0 bridgehead atoms. The predicted octanol–water partition coefficient (Wildman–Crippen LogP) is 1.18. The van der Waals surface area contributed by atoms with Gasteiger partial charge in [0.25, 0.3) is 0 Å². The van der Waals surface area contributed by atoms with E-state index in [1.807, 2.05) is 7.05 Å². The highest BCUT2D eigenvalue weighted by Crippen LogP contribution is 2.24. The zero-order valence-electron chi connectivity index (χ0n) is 10.2. The van der Waals surface area contributed by atoms with Crippen LogP contribution in [0.25, 0.3) is 0 Å². The normalized spacial score (nSPS) is 20.1. The Labute approximate surface area is 101 Å². The third-order valence-electron chi connectivity index (χ3n) is 3.16. The first kappa shape index (κ1) is 11.8. The van der Waals surface area contributed by atoms with Crippen LogP contribution in [0.15, 0.2) is 5.38 Å². The molecule has 1 fully saturated rings. The smallest absolute Gasteiger partial charge is 0.185 e. The van der Waals surface area contributed by atoms with E-state index >= 15 is 0 Å². The highest BCUT2D eigenvalue weighted by molar-refractivity contribution is 7.13. The zero-order valence-corrected chi connectivity index (χ0v) is 11.0. The molecule has 5 heteroatoms. The van der Waals surface area contributed by atoms with Gasteiger partial charge in [-0.25, -0.2) is 4.98 Å². The van der Waals surface area contributed by atoms with Gasteiger partial charge < -0.3 is 15.1 Å². The topological polar surface area (TPSA) is 31.4 Å². The summed E-state index contributed by atoms with van der Waals surface area (Å²) in [6.07, 6.45) is 0. The Kier molecular flexibility index (Phi) is 3.78. The minimum atomic E-state index is 0.345. The predicted molar refractivity (Wildman–Crippen MR) is 69.3 cm³/mol. The molecule has 1 aromatic rings. The molecule has 4 nitrogen and oxygen atoms in total. The van der Waals surface area contributed by atoms with Crippen LogP contribution in [0.3, 0.4) is 0 Å². The van der Waals surface area contributed by atoms with Crippen molar-refractivity contribution in [3.05, 3.63) is 11.1 Å². The minimum Gasteiger partial charge on any atom is -0.346 e. The van der Waals surface area contributed by atoms with Gasteiger partial charge in [0.2, 0.25) is 0 Å². The van der Waals surface area contributed by atoms with E-state index in [9.17, 15) is 0 Å². The summed E-state index contributed by atoms with van der Waals surface area (Å²) in [5.41, 5.74) is 1.15. The second-order valence-corrected chi connectivity index (χ2v) is 5.19. The maximum Gasteiger partial charge on any atom is 0.185 e. The van der Waals surface area contributed by atoms with Crippen molar-refractivity contribution in [1.82, 2.24) is 15.2 Å². The van der Waals surface area contributed by atoms with Crippen molar-refractivity contribution in [3.8, 4) is 0 Å². The molecule has 1 aliphatic heterocycles. The van der Waals surface area contributed by atoms with Crippen LogP contribution < -0.4 is 10.2 Å². The Morgan fingerprint density at radius 1 is 1.38 bits per heavy atom. The monoisotopic (exact) mass is 240 g/mol. The van der Waals surface area contributed by atoms with Crippen LogP contribution in [0.2, 0.25) is 0 Å². The number of piperazine rings is 1. The summed E-state index contributed by atoms with van der Waals surface area (Å²) in [4.78, 5) is 9.44. The van der Waals surface area contributed by atoms with Crippen LogP contribution in [-0.4, -0.2) is 50.2 Å². The summed E-state index contributed by atoms with van der Waals surface area (Å²) in [5.74, 6) is 0. The molecule has 1 aromatic heterocycles. The first-order valence-electron chi connectivity index (χ1n) is 5.77. The van der Waals surface area contributed by atoms with Crippen LogP contribution in [0.1, 0.15) is 18.7 Å². The summed E-state index contributed by atoms with van der Waals surface area (Å²) >= 11 is 1.76. The van der Waals surface area contributed by atoms with Gasteiger partial charge in [-0.2, -0.15) is 0 Å². The molecule has 0 saturated carbocycles. The molecule has 1 atom stereocenters. The lowest BCUT2D eigenvalue weighted by Crippen LogP contribution is -2.44.